The zero-order valence-electron chi connectivity index (χ0n) is 12.1. The van der Waals surface area contributed by atoms with E-state index in [4.69, 9.17) is 4.74 Å². The molecule has 4 nitrogen and oxygen atoms in total. The number of benzene rings is 1. The van der Waals surface area contributed by atoms with Crippen molar-refractivity contribution in [1.29, 1.82) is 0 Å². The Morgan fingerprint density at radius 1 is 1.22 bits per heavy atom. The van der Waals surface area contributed by atoms with Crippen LogP contribution in [-0.2, 0) is 14.3 Å². The highest BCUT2D eigenvalue weighted by Crippen LogP contribution is 2.18. The van der Waals surface area contributed by atoms with Crippen LogP contribution in [0, 0.1) is 11.6 Å². The number of nitrogens with one attached hydrogen (secondary N) is 1. The molecule has 0 aliphatic carbocycles. The first-order valence-electron chi connectivity index (χ1n) is 6.64. The Morgan fingerprint density at radius 3 is 2.52 bits per heavy atom. The van der Waals surface area contributed by atoms with Gasteiger partial charge in [0.25, 0.3) is 5.91 Å². The van der Waals surface area contributed by atoms with Gasteiger partial charge in [-0.15, -0.1) is 11.3 Å². The third kappa shape index (κ3) is 4.72. The number of para-hydroxylation sites is 1. The molecule has 2 rings (SSSR count). The summed E-state index contributed by atoms with van der Waals surface area (Å²) in [4.78, 5) is 24.3. The molecule has 120 valence electrons. The van der Waals surface area contributed by atoms with Gasteiger partial charge in [-0.2, -0.15) is 0 Å². The van der Waals surface area contributed by atoms with Gasteiger partial charge in [0.15, 0.2) is 6.10 Å². The van der Waals surface area contributed by atoms with Crippen LogP contribution in [0.1, 0.15) is 11.8 Å². The molecule has 0 fully saturated rings. The largest absolute Gasteiger partial charge is 0.449 e. The van der Waals surface area contributed by atoms with Gasteiger partial charge in [0.05, 0.1) is 0 Å². The minimum absolute atomic E-state index is 0.575. The summed E-state index contributed by atoms with van der Waals surface area (Å²) in [6.45, 7) is 1.31. The highest BCUT2D eigenvalue weighted by molar-refractivity contribution is 7.10. The lowest BCUT2D eigenvalue weighted by molar-refractivity contribution is -0.148. The van der Waals surface area contributed by atoms with Crippen molar-refractivity contribution in [2.45, 2.75) is 13.0 Å². The number of rotatable bonds is 5. The summed E-state index contributed by atoms with van der Waals surface area (Å²) in [5.41, 5.74) is -0.575. The molecule has 23 heavy (non-hydrogen) atoms. The highest BCUT2D eigenvalue weighted by Gasteiger charge is 2.19. The van der Waals surface area contributed by atoms with Crippen LogP contribution in [0.5, 0.6) is 0 Å². The Bertz CT molecular complexity index is 709. The van der Waals surface area contributed by atoms with E-state index in [1.54, 1.807) is 6.08 Å². The number of thiophene rings is 1. The first-order chi connectivity index (χ1) is 11.0. The molecule has 1 aromatic carbocycles. The Hall–Kier alpha value is -2.54. The molecule has 1 amide bonds. The third-order valence-electron chi connectivity index (χ3n) is 2.80. The number of anilines is 1. The molecule has 1 N–H and O–H groups in total. The van der Waals surface area contributed by atoms with Crippen molar-refractivity contribution in [2.24, 2.45) is 0 Å². The quantitative estimate of drug-likeness (QED) is 0.670. The van der Waals surface area contributed by atoms with E-state index in [2.05, 4.69) is 5.32 Å². The van der Waals surface area contributed by atoms with E-state index in [1.807, 2.05) is 17.5 Å². The number of carbonyl (C=O) groups excluding carboxylic acids is 2. The van der Waals surface area contributed by atoms with Crippen molar-refractivity contribution in [3.63, 3.8) is 0 Å². The molecule has 2 aromatic rings. The maximum absolute atomic E-state index is 13.4. The van der Waals surface area contributed by atoms with Crippen molar-refractivity contribution >= 4 is 35.0 Å². The predicted molar refractivity (Wildman–Crippen MR) is 83.9 cm³/mol. The predicted octanol–water partition coefficient (Wildman–Crippen LogP) is 3.61. The summed E-state index contributed by atoms with van der Waals surface area (Å²) in [6.07, 6.45) is 1.53. The summed E-state index contributed by atoms with van der Waals surface area (Å²) < 4.78 is 31.8. The Kier molecular flexibility index (Phi) is 5.59. The number of esters is 1. The zero-order chi connectivity index (χ0) is 16.8. The number of amides is 1. The lowest BCUT2D eigenvalue weighted by Crippen LogP contribution is -2.30. The van der Waals surface area contributed by atoms with Crippen LogP contribution in [-0.4, -0.2) is 18.0 Å². The van der Waals surface area contributed by atoms with Gasteiger partial charge >= 0.3 is 5.97 Å². The fourth-order valence-corrected chi connectivity index (χ4v) is 2.26. The minimum atomic E-state index is -1.20. The van der Waals surface area contributed by atoms with Crippen molar-refractivity contribution in [2.75, 3.05) is 5.32 Å². The van der Waals surface area contributed by atoms with Crippen LogP contribution in [0.15, 0.2) is 41.8 Å². The van der Waals surface area contributed by atoms with Crippen molar-refractivity contribution < 1.29 is 23.1 Å². The van der Waals surface area contributed by atoms with Gasteiger partial charge in [0.2, 0.25) is 0 Å². The minimum Gasteiger partial charge on any atom is -0.449 e. The van der Waals surface area contributed by atoms with Gasteiger partial charge in [-0.1, -0.05) is 12.1 Å². The topological polar surface area (TPSA) is 55.4 Å². The van der Waals surface area contributed by atoms with Crippen LogP contribution in [0.3, 0.4) is 0 Å². The summed E-state index contributed by atoms with van der Waals surface area (Å²) in [5.74, 6) is -3.37. The standard InChI is InChI=1S/C16H13F2NO3S/c1-10(22-14(20)8-7-11-4-3-9-23-11)16(21)19-15-12(17)5-2-6-13(15)18/h2-10H,1H3,(H,19,21)/b8-7+/t10-/m1/s1. The summed E-state index contributed by atoms with van der Waals surface area (Å²) in [5, 5.41) is 3.92. The zero-order valence-corrected chi connectivity index (χ0v) is 12.9. The third-order valence-corrected chi connectivity index (χ3v) is 3.64. The second-order valence-electron chi connectivity index (χ2n) is 4.51. The lowest BCUT2D eigenvalue weighted by atomic mass is 10.2. The molecule has 1 atom stereocenters. The molecule has 1 aromatic heterocycles. The molecule has 0 radical (unpaired) electrons. The number of ether oxygens (including phenoxy) is 1. The number of hydrogen-bond donors (Lipinski definition) is 1. The van der Waals surface area contributed by atoms with Crippen LogP contribution in [0.2, 0.25) is 0 Å². The monoisotopic (exact) mass is 337 g/mol. The second-order valence-corrected chi connectivity index (χ2v) is 5.49. The van der Waals surface area contributed by atoms with Crippen LogP contribution < -0.4 is 5.32 Å². The molecule has 0 unspecified atom stereocenters. The van der Waals surface area contributed by atoms with E-state index in [0.717, 1.165) is 17.0 Å². The van der Waals surface area contributed by atoms with Crippen molar-refractivity contribution in [3.8, 4) is 0 Å². The van der Waals surface area contributed by atoms with Gasteiger partial charge in [0.1, 0.15) is 17.3 Å². The van der Waals surface area contributed by atoms with Gasteiger partial charge in [0, 0.05) is 11.0 Å². The fourth-order valence-electron chi connectivity index (χ4n) is 1.65. The summed E-state index contributed by atoms with van der Waals surface area (Å²) in [7, 11) is 0. The van der Waals surface area contributed by atoms with E-state index >= 15 is 0 Å². The maximum atomic E-state index is 13.4. The molecule has 0 saturated heterocycles. The molecule has 0 bridgehead atoms. The molecular formula is C16H13F2NO3S. The van der Waals surface area contributed by atoms with Gasteiger partial charge < -0.3 is 10.1 Å². The first-order valence-corrected chi connectivity index (χ1v) is 7.52. The Morgan fingerprint density at radius 2 is 1.91 bits per heavy atom. The van der Waals surface area contributed by atoms with Crippen LogP contribution >= 0.6 is 11.3 Å². The molecule has 7 heteroatoms. The molecule has 0 aliphatic rings. The van der Waals surface area contributed by atoms with E-state index in [9.17, 15) is 18.4 Å². The number of carbonyl (C=O) groups is 2. The highest BCUT2D eigenvalue weighted by atomic mass is 32.1. The maximum Gasteiger partial charge on any atom is 0.331 e. The number of hydrogen-bond acceptors (Lipinski definition) is 4. The molecule has 0 aliphatic heterocycles. The van der Waals surface area contributed by atoms with E-state index in [1.165, 1.54) is 30.4 Å². The summed E-state index contributed by atoms with van der Waals surface area (Å²) >= 11 is 1.44. The number of halogens is 2. The SMILES string of the molecule is C[C@@H](OC(=O)/C=C/c1cccs1)C(=O)Nc1c(F)cccc1F. The molecule has 1 heterocycles. The smallest absolute Gasteiger partial charge is 0.331 e. The summed E-state index contributed by atoms with van der Waals surface area (Å²) in [6, 6.07) is 6.84. The lowest BCUT2D eigenvalue weighted by Gasteiger charge is -2.13. The average Bonchev–Trinajstić information content (AvgIpc) is 3.02. The van der Waals surface area contributed by atoms with E-state index in [-0.39, 0.29) is 0 Å². The van der Waals surface area contributed by atoms with Crippen LogP contribution in [0.4, 0.5) is 14.5 Å². The molecule has 0 saturated carbocycles. The van der Waals surface area contributed by atoms with E-state index in [0.29, 0.717) is 0 Å². The average molecular weight is 337 g/mol. The Balaban J connectivity index is 1.93. The molecular weight excluding hydrogens is 324 g/mol. The Labute approximate surface area is 135 Å². The van der Waals surface area contributed by atoms with Gasteiger partial charge in [-0.05, 0) is 36.6 Å². The fraction of sp³-hybridized carbons (Fsp3) is 0.125. The normalized spacial score (nSPS) is 12.1. The second kappa shape index (κ2) is 7.64. The van der Waals surface area contributed by atoms with Crippen molar-refractivity contribution in [3.05, 3.63) is 58.3 Å². The van der Waals surface area contributed by atoms with Gasteiger partial charge in [-0.3, -0.25) is 4.79 Å². The van der Waals surface area contributed by atoms with Crippen molar-refractivity contribution in [1.82, 2.24) is 0 Å². The van der Waals surface area contributed by atoms with E-state index < -0.39 is 35.3 Å². The first kappa shape index (κ1) is 16.8. The van der Waals surface area contributed by atoms with Gasteiger partial charge in [-0.25, -0.2) is 13.6 Å². The molecule has 0 spiro atoms. The van der Waals surface area contributed by atoms with Crippen LogP contribution in [0.25, 0.3) is 6.08 Å².